The van der Waals surface area contributed by atoms with Crippen LogP contribution in [0.3, 0.4) is 0 Å². The summed E-state index contributed by atoms with van der Waals surface area (Å²) < 4.78 is 33.3. The van der Waals surface area contributed by atoms with E-state index in [2.05, 4.69) is 38.2 Å². The van der Waals surface area contributed by atoms with Crippen molar-refractivity contribution in [3.05, 3.63) is 36.5 Å². The van der Waals surface area contributed by atoms with Gasteiger partial charge in [0.25, 0.3) is 0 Å². The van der Waals surface area contributed by atoms with Crippen molar-refractivity contribution < 1.29 is 63.1 Å². The molecule has 0 aliphatic heterocycles. The van der Waals surface area contributed by atoms with Gasteiger partial charge in [0.1, 0.15) is 43.2 Å². The Labute approximate surface area is 336 Å². The second-order valence-corrected chi connectivity index (χ2v) is 16.2. The lowest BCUT2D eigenvalue weighted by molar-refractivity contribution is -0.220. The number of phosphoric acid groups is 1. The molecule has 0 bridgehead atoms. The molecule has 0 spiro atoms. The van der Waals surface area contributed by atoms with Crippen LogP contribution >= 0.6 is 7.82 Å². The lowest BCUT2D eigenvalue weighted by atomic mass is 9.85. The lowest BCUT2D eigenvalue weighted by Gasteiger charge is -2.41. The first-order chi connectivity index (χ1) is 26.9. The van der Waals surface area contributed by atoms with Gasteiger partial charge in [0, 0.05) is 12.8 Å². The molecule has 1 saturated carbocycles. The first-order valence-electron chi connectivity index (χ1n) is 21.3. The van der Waals surface area contributed by atoms with Gasteiger partial charge in [-0.15, -0.1) is 0 Å². The molecule has 8 atom stereocenters. The monoisotopic (exact) mass is 818 g/mol. The van der Waals surface area contributed by atoms with E-state index in [-0.39, 0.29) is 12.8 Å². The van der Waals surface area contributed by atoms with Crippen molar-refractivity contribution in [3.63, 3.8) is 0 Å². The second-order valence-electron chi connectivity index (χ2n) is 14.8. The van der Waals surface area contributed by atoms with Crippen LogP contribution in [0.15, 0.2) is 36.5 Å². The number of unbranched alkanes of at least 4 members (excludes halogenated alkanes) is 16. The van der Waals surface area contributed by atoms with E-state index in [1.165, 1.54) is 83.5 Å². The number of carbonyl (C=O) groups is 2. The molecule has 0 aromatic carbocycles. The van der Waals surface area contributed by atoms with Gasteiger partial charge in [-0.25, -0.2) is 4.57 Å². The first-order valence-corrected chi connectivity index (χ1v) is 22.8. The van der Waals surface area contributed by atoms with Crippen LogP contribution in [-0.2, 0) is 32.7 Å². The highest BCUT2D eigenvalue weighted by atomic mass is 31.2. The number of ether oxygens (including phenoxy) is 2. The van der Waals surface area contributed by atoms with Crippen molar-refractivity contribution >= 4 is 19.8 Å². The van der Waals surface area contributed by atoms with Crippen LogP contribution < -0.4 is 0 Å². The van der Waals surface area contributed by atoms with Crippen LogP contribution in [0.2, 0.25) is 0 Å². The Hall–Kier alpha value is -1.93. The molecule has 56 heavy (non-hydrogen) atoms. The van der Waals surface area contributed by atoms with Crippen LogP contribution in [-0.4, -0.2) is 98.3 Å². The number of allylic oxidation sites excluding steroid dienone is 6. The normalized spacial score (nSPS) is 23.2. The molecule has 1 aliphatic carbocycles. The van der Waals surface area contributed by atoms with Gasteiger partial charge < -0.3 is 39.9 Å². The van der Waals surface area contributed by atoms with E-state index >= 15 is 0 Å². The summed E-state index contributed by atoms with van der Waals surface area (Å²) in [5.41, 5.74) is 0. The number of hydrogen-bond acceptors (Lipinski definition) is 12. The minimum atomic E-state index is -5.13. The van der Waals surface area contributed by atoms with Crippen molar-refractivity contribution in [1.29, 1.82) is 0 Å². The van der Waals surface area contributed by atoms with Gasteiger partial charge in [-0.05, 0) is 57.8 Å². The molecular weight excluding hydrogens is 743 g/mol. The minimum absolute atomic E-state index is 0.0121. The summed E-state index contributed by atoms with van der Waals surface area (Å²) in [5.74, 6) is -1.20. The number of phosphoric ester groups is 1. The van der Waals surface area contributed by atoms with Crippen molar-refractivity contribution in [2.45, 2.75) is 204 Å². The number of rotatable bonds is 34. The second kappa shape index (κ2) is 33.0. The van der Waals surface area contributed by atoms with E-state index in [0.29, 0.717) is 12.8 Å². The molecule has 0 heterocycles. The largest absolute Gasteiger partial charge is 0.472 e. The van der Waals surface area contributed by atoms with Crippen LogP contribution in [0.5, 0.6) is 0 Å². The zero-order valence-corrected chi connectivity index (χ0v) is 35.1. The van der Waals surface area contributed by atoms with Crippen LogP contribution in [0.25, 0.3) is 0 Å². The summed E-state index contributed by atoms with van der Waals surface area (Å²) >= 11 is 0. The van der Waals surface area contributed by atoms with E-state index in [1.54, 1.807) is 0 Å². The Morgan fingerprint density at radius 3 is 1.54 bits per heavy atom. The molecule has 0 aromatic heterocycles. The fourth-order valence-corrected chi connectivity index (χ4v) is 7.19. The molecule has 7 unspecified atom stereocenters. The van der Waals surface area contributed by atoms with Crippen LogP contribution in [0.1, 0.15) is 162 Å². The van der Waals surface area contributed by atoms with Crippen molar-refractivity contribution in [2.75, 3.05) is 13.2 Å². The average Bonchev–Trinajstić information content (AvgIpc) is 3.18. The number of esters is 2. The molecule has 14 heteroatoms. The molecular formula is C42H75O13P. The summed E-state index contributed by atoms with van der Waals surface area (Å²) in [7, 11) is -5.13. The van der Waals surface area contributed by atoms with Crippen LogP contribution in [0, 0.1) is 0 Å². The SMILES string of the molecule is CCCCCCCC/C=C/C/C=C/CCC(=O)OC(COC(=O)CCCCC/C=C/CCCCCCCCC)COP(=O)(O)OC1C(O)C(O)C(O)[C@H](O)C1O. The molecule has 0 radical (unpaired) electrons. The summed E-state index contributed by atoms with van der Waals surface area (Å²) in [6, 6.07) is 0. The zero-order valence-electron chi connectivity index (χ0n) is 34.2. The molecule has 0 aromatic rings. The van der Waals surface area contributed by atoms with Gasteiger partial charge in [0.15, 0.2) is 6.10 Å². The summed E-state index contributed by atoms with van der Waals surface area (Å²) in [6.07, 6.45) is 22.3. The van der Waals surface area contributed by atoms with Crippen molar-refractivity contribution in [2.24, 2.45) is 0 Å². The fourth-order valence-electron chi connectivity index (χ4n) is 6.22. The Morgan fingerprint density at radius 1 is 0.554 bits per heavy atom. The molecule has 1 fully saturated rings. The highest BCUT2D eigenvalue weighted by Gasteiger charge is 2.51. The van der Waals surface area contributed by atoms with E-state index < -0.39 is 75.7 Å². The Kier molecular flexibility index (Phi) is 30.7. The maximum atomic E-state index is 12.8. The smallest absolute Gasteiger partial charge is 0.462 e. The summed E-state index contributed by atoms with van der Waals surface area (Å²) in [6.45, 7) is 3.20. The lowest BCUT2D eigenvalue weighted by Crippen LogP contribution is -2.64. The Morgan fingerprint density at radius 2 is 1.00 bits per heavy atom. The molecule has 0 amide bonds. The van der Waals surface area contributed by atoms with E-state index in [4.69, 9.17) is 18.5 Å². The van der Waals surface area contributed by atoms with Gasteiger partial charge in [-0.1, -0.05) is 127 Å². The van der Waals surface area contributed by atoms with Gasteiger partial charge in [0.2, 0.25) is 0 Å². The van der Waals surface area contributed by atoms with Gasteiger partial charge in [0.05, 0.1) is 6.61 Å². The Balaban J connectivity index is 2.55. The quantitative estimate of drug-likeness (QED) is 0.0162. The maximum Gasteiger partial charge on any atom is 0.472 e. The van der Waals surface area contributed by atoms with Crippen LogP contribution in [0.4, 0.5) is 0 Å². The standard InChI is InChI=1S/C42H75O13P/c1-3-5-7-9-11-13-15-17-19-20-22-24-26-28-30-35(43)52-32-34(33-53-56(50,51)55-42-40(48)38(46)37(45)39(47)41(42)49)54-36(44)31-29-27-25-23-21-18-16-14-12-10-8-6-4-2/h18-21,25,27,34,37-42,45-49H,3-17,22-24,26,28-33H2,1-2H3,(H,50,51)/b20-19+,21-18+,27-25+/t34?,37?,38-,39?,40?,41?,42?/m0/s1. The van der Waals surface area contributed by atoms with E-state index in [0.717, 1.165) is 38.5 Å². The van der Waals surface area contributed by atoms with E-state index in [9.17, 15) is 44.6 Å². The summed E-state index contributed by atoms with van der Waals surface area (Å²) in [4.78, 5) is 35.5. The number of aliphatic hydroxyl groups excluding tert-OH is 5. The topological polar surface area (TPSA) is 210 Å². The third-order valence-corrected chi connectivity index (χ3v) is 10.7. The molecule has 13 nitrogen and oxygen atoms in total. The predicted molar refractivity (Wildman–Crippen MR) is 216 cm³/mol. The van der Waals surface area contributed by atoms with Gasteiger partial charge in [-0.3, -0.25) is 18.6 Å². The minimum Gasteiger partial charge on any atom is -0.462 e. The highest BCUT2D eigenvalue weighted by Crippen LogP contribution is 2.47. The molecule has 0 saturated heterocycles. The van der Waals surface area contributed by atoms with E-state index in [1.807, 2.05) is 12.2 Å². The van der Waals surface area contributed by atoms with Crippen molar-refractivity contribution in [3.8, 4) is 0 Å². The van der Waals surface area contributed by atoms with Crippen molar-refractivity contribution in [1.82, 2.24) is 0 Å². The highest BCUT2D eigenvalue weighted by molar-refractivity contribution is 7.47. The maximum absolute atomic E-state index is 12.8. The predicted octanol–water partition coefficient (Wildman–Crippen LogP) is 7.44. The number of aliphatic hydroxyl groups is 5. The Bertz CT molecular complexity index is 1130. The average molecular weight is 819 g/mol. The third kappa shape index (κ3) is 25.4. The molecule has 326 valence electrons. The molecule has 1 aliphatic rings. The van der Waals surface area contributed by atoms with Gasteiger partial charge >= 0.3 is 19.8 Å². The first kappa shape index (κ1) is 52.1. The van der Waals surface area contributed by atoms with Gasteiger partial charge in [-0.2, -0.15) is 0 Å². The molecule has 1 rings (SSSR count). The third-order valence-electron chi connectivity index (χ3n) is 9.72. The number of hydrogen-bond donors (Lipinski definition) is 6. The zero-order chi connectivity index (χ0) is 41.4. The molecule has 6 N–H and O–H groups in total. The summed E-state index contributed by atoms with van der Waals surface area (Å²) in [5, 5.41) is 50.0. The number of carbonyl (C=O) groups excluding carboxylic acids is 2. The fraction of sp³-hybridized carbons (Fsp3) is 0.810.